The number of amides is 1. The van der Waals surface area contributed by atoms with Crippen LogP contribution in [0.4, 0.5) is 0 Å². The third kappa shape index (κ3) is 5.54. The zero-order valence-electron chi connectivity index (χ0n) is 26.1. The highest BCUT2D eigenvalue weighted by Crippen LogP contribution is 2.58. The average molecular weight is 747 g/mol. The van der Waals surface area contributed by atoms with E-state index in [4.69, 9.17) is 23.8 Å². The molecule has 0 radical (unpaired) electrons. The van der Waals surface area contributed by atoms with Crippen LogP contribution in [0.1, 0.15) is 56.7 Å². The minimum Gasteiger partial charge on any atom is -0.460 e. The molecule has 12 heteroatoms. The van der Waals surface area contributed by atoms with Gasteiger partial charge >= 0.3 is 11.9 Å². The maximum absolute atomic E-state index is 14.6. The summed E-state index contributed by atoms with van der Waals surface area (Å²) in [5.74, 6) is -2.39. The van der Waals surface area contributed by atoms with E-state index in [2.05, 4.69) is 40.0 Å². The molecule has 1 spiro atoms. The van der Waals surface area contributed by atoms with Crippen molar-refractivity contribution in [1.82, 2.24) is 10.4 Å². The van der Waals surface area contributed by atoms with Crippen LogP contribution in [0.5, 0.6) is 0 Å². The van der Waals surface area contributed by atoms with Gasteiger partial charge in [-0.25, -0.2) is 0 Å². The van der Waals surface area contributed by atoms with E-state index in [-0.39, 0.29) is 25.8 Å². The second-order valence-electron chi connectivity index (χ2n) is 14.0. The van der Waals surface area contributed by atoms with Crippen LogP contribution in [0.2, 0.25) is 0 Å². The zero-order valence-corrected chi connectivity index (χ0v) is 28.2. The number of hydrogen-bond donors (Lipinski definition) is 2. The number of halogens is 1. The van der Waals surface area contributed by atoms with E-state index in [9.17, 15) is 19.5 Å². The van der Waals surface area contributed by atoms with E-state index in [1.54, 1.807) is 25.8 Å². The Morgan fingerprint density at radius 3 is 2.43 bits per heavy atom. The lowest BCUT2D eigenvalue weighted by Crippen LogP contribution is -2.70. The highest BCUT2D eigenvalue weighted by molar-refractivity contribution is 14.1. The minimum atomic E-state index is -1.39. The van der Waals surface area contributed by atoms with Crippen molar-refractivity contribution in [3.63, 3.8) is 0 Å². The normalized spacial score (nSPS) is 31.2. The van der Waals surface area contributed by atoms with Crippen LogP contribution in [0.25, 0.3) is 0 Å². The molecule has 46 heavy (non-hydrogen) atoms. The van der Waals surface area contributed by atoms with E-state index in [1.165, 1.54) is 0 Å². The standard InChI is InChI=1S/C34H39IN2O9/c1-32(2,3)43-25(39)13-12-22(18-38)36-31(41)34-16-24-26-27(45-33(44-26)14-19-8-4-5-9-20(19)15-33)29(34)46-37(28(34)30(40)42-24)17-21-10-6-7-11-23(21)35/h4-11,22,24,26-29,38H,12-18H2,1-3H3,(H,36,41). The molecule has 1 amide bonds. The lowest BCUT2D eigenvalue weighted by molar-refractivity contribution is -0.217. The van der Waals surface area contributed by atoms with Crippen LogP contribution in [0.3, 0.4) is 0 Å². The molecule has 246 valence electrons. The van der Waals surface area contributed by atoms with Gasteiger partial charge in [0, 0.05) is 29.3 Å². The predicted molar refractivity (Wildman–Crippen MR) is 171 cm³/mol. The molecule has 2 bridgehead atoms. The molecule has 2 N–H and O–H groups in total. The second kappa shape index (κ2) is 11.8. The van der Waals surface area contributed by atoms with Gasteiger partial charge in [0.2, 0.25) is 5.91 Å². The van der Waals surface area contributed by atoms with Gasteiger partial charge in [0.05, 0.1) is 19.2 Å². The Morgan fingerprint density at radius 2 is 1.76 bits per heavy atom. The molecule has 7 unspecified atom stereocenters. The Kier molecular flexibility index (Phi) is 8.21. The number of benzene rings is 2. The Morgan fingerprint density at radius 1 is 1.09 bits per heavy atom. The number of carbonyl (C=O) groups excluding carboxylic acids is 3. The quantitative estimate of drug-likeness (QED) is 0.307. The highest BCUT2D eigenvalue weighted by atomic mass is 127. The first-order chi connectivity index (χ1) is 21.9. The summed E-state index contributed by atoms with van der Waals surface area (Å²) < 4.78 is 25.9. The molecule has 7 atom stereocenters. The van der Waals surface area contributed by atoms with Crippen molar-refractivity contribution in [1.29, 1.82) is 0 Å². The number of hydroxylamine groups is 2. The summed E-state index contributed by atoms with van der Waals surface area (Å²) >= 11 is 2.24. The van der Waals surface area contributed by atoms with Crippen LogP contribution >= 0.6 is 22.6 Å². The summed E-state index contributed by atoms with van der Waals surface area (Å²) in [6, 6.07) is 14.1. The Labute approximate surface area is 281 Å². The first-order valence-corrected chi connectivity index (χ1v) is 16.9. The molecule has 3 saturated heterocycles. The van der Waals surface area contributed by atoms with Crippen molar-refractivity contribution in [3.05, 3.63) is 68.8 Å². The molecular weight excluding hydrogens is 707 g/mol. The van der Waals surface area contributed by atoms with E-state index in [0.29, 0.717) is 12.8 Å². The van der Waals surface area contributed by atoms with Gasteiger partial charge in [-0.3, -0.25) is 19.2 Å². The largest absolute Gasteiger partial charge is 0.460 e. The fraction of sp³-hybridized carbons (Fsp3) is 0.559. The van der Waals surface area contributed by atoms with Gasteiger partial charge in [-0.1, -0.05) is 42.5 Å². The smallest absolute Gasteiger partial charge is 0.327 e. The summed E-state index contributed by atoms with van der Waals surface area (Å²) in [4.78, 5) is 47.6. The fourth-order valence-electron chi connectivity index (χ4n) is 7.77. The molecule has 1 saturated carbocycles. The van der Waals surface area contributed by atoms with E-state index in [0.717, 1.165) is 20.3 Å². The summed E-state index contributed by atoms with van der Waals surface area (Å²) in [5.41, 5.74) is 1.16. The predicted octanol–water partition coefficient (Wildman–Crippen LogP) is 2.97. The lowest BCUT2D eigenvalue weighted by atomic mass is 9.62. The van der Waals surface area contributed by atoms with Crippen LogP contribution in [-0.4, -0.2) is 82.5 Å². The van der Waals surface area contributed by atoms with Gasteiger partial charge in [0.25, 0.3) is 0 Å². The van der Waals surface area contributed by atoms with Crippen molar-refractivity contribution in [2.24, 2.45) is 5.41 Å². The van der Waals surface area contributed by atoms with Gasteiger partial charge in [0.1, 0.15) is 35.4 Å². The van der Waals surface area contributed by atoms with E-state index >= 15 is 0 Å². The zero-order chi connectivity index (χ0) is 32.4. The van der Waals surface area contributed by atoms with Gasteiger partial charge in [-0.15, -0.1) is 0 Å². The van der Waals surface area contributed by atoms with Crippen LogP contribution in [0, 0.1) is 8.99 Å². The number of rotatable bonds is 8. The van der Waals surface area contributed by atoms with Crippen LogP contribution in [-0.2, 0) is 57.6 Å². The third-order valence-corrected chi connectivity index (χ3v) is 10.7. The Balaban J connectivity index is 1.20. The first-order valence-electron chi connectivity index (χ1n) is 15.8. The number of fused-ring (bicyclic) bond motifs is 5. The van der Waals surface area contributed by atoms with Crippen LogP contribution in [0.15, 0.2) is 48.5 Å². The molecule has 3 heterocycles. The number of nitrogens with zero attached hydrogens (tertiary/aromatic N) is 1. The number of nitrogens with one attached hydrogen (secondary N) is 1. The maximum atomic E-state index is 14.6. The van der Waals surface area contributed by atoms with Gasteiger partial charge < -0.3 is 29.4 Å². The molecule has 5 aliphatic rings. The van der Waals surface area contributed by atoms with Crippen molar-refractivity contribution >= 4 is 40.4 Å². The number of ether oxygens (including phenoxy) is 4. The van der Waals surface area contributed by atoms with E-state index < -0.39 is 77.8 Å². The SMILES string of the molecule is CC(C)(C)OC(=O)CCC(CO)NC(=O)C12CC3OC(=O)C1N(Cc1ccccc1I)OC2C1OC2(Cc4ccccc4C2)OC31. The molecule has 0 aromatic heterocycles. The number of hydrogen-bond acceptors (Lipinski definition) is 10. The van der Waals surface area contributed by atoms with Crippen LogP contribution < -0.4 is 5.32 Å². The lowest BCUT2D eigenvalue weighted by Gasteiger charge is -2.49. The van der Waals surface area contributed by atoms with E-state index in [1.807, 2.05) is 36.4 Å². The summed E-state index contributed by atoms with van der Waals surface area (Å²) in [7, 11) is 0. The number of aliphatic hydroxyl groups is 1. The average Bonchev–Trinajstić information content (AvgIpc) is 3.67. The van der Waals surface area contributed by atoms with Crippen molar-refractivity contribution in [2.45, 2.75) is 107 Å². The van der Waals surface area contributed by atoms with Crippen molar-refractivity contribution in [2.75, 3.05) is 6.61 Å². The van der Waals surface area contributed by atoms with Crippen molar-refractivity contribution in [3.8, 4) is 0 Å². The summed E-state index contributed by atoms with van der Waals surface area (Å²) in [6.07, 6.45) is -1.49. The topological polar surface area (TPSA) is 133 Å². The molecule has 11 nitrogen and oxygen atoms in total. The van der Waals surface area contributed by atoms with Crippen molar-refractivity contribution < 1.29 is 43.3 Å². The van der Waals surface area contributed by atoms with Gasteiger partial charge in [0.15, 0.2) is 11.8 Å². The number of carbonyl (C=O) groups is 3. The molecular formula is C34H39IN2O9. The molecule has 2 aliphatic carbocycles. The van der Waals surface area contributed by atoms with Gasteiger partial charge in [-0.2, -0.15) is 5.06 Å². The molecule has 4 fully saturated rings. The summed E-state index contributed by atoms with van der Waals surface area (Å²) in [5, 5.41) is 14.8. The molecule has 7 rings (SSSR count). The van der Waals surface area contributed by atoms with Gasteiger partial charge in [-0.05, 0) is 72.5 Å². The maximum Gasteiger partial charge on any atom is 0.327 e. The summed E-state index contributed by atoms with van der Waals surface area (Å²) in [6.45, 7) is 5.20. The number of esters is 2. The molecule has 3 aliphatic heterocycles. The Bertz CT molecular complexity index is 1520. The molecule has 2 aromatic rings. The first kappa shape index (κ1) is 32.0. The third-order valence-electron chi connectivity index (χ3n) is 9.67. The number of aliphatic hydroxyl groups excluding tert-OH is 1. The fourth-order valence-corrected chi connectivity index (χ4v) is 8.33. The molecule has 2 aromatic carbocycles. The minimum absolute atomic E-state index is 0.00704. The highest BCUT2D eigenvalue weighted by Gasteiger charge is 2.76. The second-order valence-corrected chi connectivity index (χ2v) is 15.2. The Hall–Kier alpha value is -2.62. The monoisotopic (exact) mass is 746 g/mol.